The highest BCUT2D eigenvalue weighted by Crippen LogP contribution is 2.11. The van der Waals surface area contributed by atoms with E-state index in [1.165, 1.54) is 18.7 Å². The second-order valence-electron chi connectivity index (χ2n) is 6.30. The fourth-order valence-corrected chi connectivity index (χ4v) is 3.47. The first-order valence-electron chi connectivity index (χ1n) is 8.61. The van der Waals surface area contributed by atoms with Gasteiger partial charge >= 0.3 is 12.0 Å². The second-order valence-corrected chi connectivity index (χ2v) is 7.49. The number of nitrogens with zero attached hydrogens (tertiary/aromatic N) is 2. The third-order valence-corrected chi connectivity index (χ3v) is 5.13. The van der Waals surface area contributed by atoms with Crippen molar-refractivity contribution in [2.75, 3.05) is 38.5 Å². The Hall–Kier alpha value is -2.06. The molecule has 0 radical (unpaired) electrons. The van der Waals surface area contributed by atoms with Crippen molar-refractivity contribution in [2.24, 2.45) is 0 Å². The highest BCUT2D eigenvalue weighted by atomic mass is 32.2. The van der Waals surface area contributed by atoms with Gasteiger partial charge < -0.3 is 15.3 Å². The zero-order valence-corrected chi connectivity index (χ0v) is 15.7. The molecule has 8 heteroatoms. The summed E-state index contributed by atoms with van der Waals surface area (Å²) in [4.78, 5) is 38.1. The summed E-state index contributed by atoms with van der Waals surface area (Å²) in [6.45, 7) is 3.61. The van der Waals surface area contributed by atoms with Gasteiger partial charge in [0.2, 0.25) is 0 Å². The molecule has 2 amide bonds. The van der Waals surface area contributed by atoms with Gasteiger partial charge in [-0.2, -0.15) is 0 Å². The van der Waals surface area contributed by atoms with Gasteiger partial charge in [-0.25, -0.2) is 4.79 Å². The number of carboxylic acid groups (broad SMARTS) is 1. The van der Waals surface area contributed by atoms with Crippen molar-refractivity contribution in [3.63, 3.8) is 0 Å². The number of hydrogen-bond acceptors (Lipinski definition) is 5. The standard InChI is InChI=1S/C18H25N3O4S/c1-14(22)26-13-16(11-15-5-3-2-4-6-15)19-18(25)21-9-7-20(8-10-21)12-17(23)24/h2-6,16H,7-13H2,1H3,(H,19,25)(H,23,24). The number of carbonyl (C=O) groups is 3. The van der Waals surface area contributed by atoms with Crippen LogP contribution < -0.4 is 5.32 Å². The number of nitrogens with one attached hydrogen (secondary N) is 1. The minimum absolute atomic E-state index is 0.00133. The van der Waals surface area contributed by atoms with Crippen LogP contribution in [0.3, 0.4) is 0 Å². The maximum absolute atomic E-state index is 12.6. The molecule has 1 atom stereocenters. The number of aliphatic carboxylic acids is 1. The van der Waals surface area contributed by atoms with E-state index < -0.39 is 5.97 Å². The van der Waals surface area contributed by atoms with E-state index in [9.17, 15) is 14.4 Å². The first kappa shape index (κ1) is 20.3. The van der Waals surface area contributed by atoms with Crippen LogP contribution in [0.5, 0.6) is 0 Å². The molecule has 0 spiro atoms. The average molecular weight is 379 g/mol. The first-order valence-corrected chi connectivity index (χ1v) is 9.59. The number of piperazine rings is 1. The number of benzene rings is 1. The maximum Gasteiger partial charge on any atom is 0.317 e. The molecular formula is C18H25N3O4S. The lowest BCUT2D eigenvalue weighted by Crippen LogP contribution is -2.54. The van der Waals surface area contributed by atoms with Crippen LogP contribution >= 0.6 is 11.8 Å². The van der Waals surface area contributed by atoms with Crippen LogP contribution in [-0.2, 0) is 16.0 Å². The van der Waals surface area contributed by atoms with Crippen LogP contribution in [0.4, 0.5) is 4.79 Å². The smallest absolute Gasteiger partial charge is 0.317 e. The number of thioether (sulfide) groups is 1. The van der Waals surface area contributed by atoms with E-state index >= 15 is 0 Å². The molecule has 0 saturated carbocycles. The largest absolute Gasteiger partial charge is 0.480 e. The van der Waals surface area contributed by atoms with Crippen molar-refractivity contribution in [1.29, 1.82) is 0 Å². The lowest BCUT2D eigenvalue weighted by Gasteiger charge is -2.34. The first-order chi connectivity index (χ1) is 12.4. The van der Waals surface area contributed by atoms with Crippen molar-refractivity contribution < 1.29 is 19.5 Å². The normalized spacial score (nSPS) is 16.1. The molecule has 1 saturated heterocycles. The quantitative estimate of drug-likeness (QED) is 0.742. The van der Waals surface area contributed by atoms with Crippen molar-refractivity contribution in [1.82, 2.24) is 15.1 Å². The van der Waals surface area contributed by atoms with Gasteiger partial charge in [-0.3, -0.25) is 14.5 Å². The number of rotatable bonds is 7. The third kappa shape index (κ3) is 7.05. The Morgan fingerprint density at radius 2 is 1.81 bits per heavy atom. The van der Waals surface area contributed by atoms with Crippen LogP contribution in [-0.4, -0.2) is 76.5 Å². The van der Waals surface area contributed by atoms with Gasteiger partial charge in [0.05, 0.1) is 6.54 Å². The van der Waals surface area contributed by atoms with Crippen LogP contribution in [0.1, 0.15) is 12.5 Å². The molecule has 7 nitrogen and oxygen atoms in total. The van der Waals surface area contributed by atoms with Crippen LogP contribution in [0, 0.1) is 0 Å². The van der Waals surface area contributed by atoms with E-state index in [1.807, 2.05) is 35.2 Å². The fourth-order valence-electron chi connectivity index (χ4n) is 2.83. The Morgan fingerprint density at radius 3 is 2.38 bits per heavy atom. The van der Waals surface area contributed by atoms with Crippen molar-refractivity contribution in [3.05, 3.63) is 35.9 Å². The summed E-state index contributed by atoms with van der Waals surface area (Å²) >= 11 is 1.21. The number of amides is 2. The number of carbonyl (C=O) groups excluding carboxylic acids is 2. The monoisotopic (exact) mass is 379 g/mol. The minimum Gasteiger partial charge on any atom is -0.480 e. The third-order valence-electron chi connectivity index (χ3n) is 4.16. The maximum atomic E-state index is 12.6. The molecule has 0 aliphatic carbocycles. The van der Waals surface area contributed by atoms with Crippen LogP contribution in [0.2, 0.25) is 0 Å². The summed E-state index contributed by atoms with van der Waals surface area (Å²) < 4.78 is 0. The van der Waals surface area contributed by atoms with Gasteiger partial charge in [0.25, 0.3) is 0 Å². The predicted octanol–water partition coefficient (Wildman–Crippen LogP) is 1.29. The summed E-state index contributed by atoms with van der Waals surface area (Å²) in [6, 6.07) is 9.55. The van der Waals surface area contributed by atoms with Crippen molar-refractivity contribution in [3.8, 4) is 0 Å². The number of carboxylic acids is 1. The lowest BCUT2D eigenvalue weighted by molar-refractivity contribution is -0.138. The zero-order chi connectivity index (χ0) is 18.9. The molecule has 1 aromatic rings. The van der Waals surface area contributed by atoms with E-state index in [2.05, 4.69) is 5.32 Å². The molecule has 1 heterocycles. The summed E-state index contributed by atoms with van der Waals surface area (Å²) in [6.07, 6.45) is 0.659. The SMILES string of the molecule is CC(=O)SCC(Cc1ccccc1)NC(=O)N1CCN(CC(=O)O)CC1. The Kier molecular flexibility index (Phi) is 7.93. The molecule has 2 N–H and O–H groups in total. The molecule has 26 heavy (non-hydrogen) atoms. The summed E-state index contributed by atoms with van der Waals surface area (Å²) in [5.41, 5.74) is 1.10. The van der Waals surface area contributed by atoms with Crippen molar-refractivity contribution >= 4 is 28.9 Å². The molecule has 1 unspecified atom stereocenters. The highest BCUT2D eigenvalue weighted by molar-refractivity contribution is 8.13. The van der Waals surface area contributed by atoms with E-state index in [1.54, 1.807) is 4.90 Å². The summed E-state index contributed by atoms with van der Waals surface area (Å²) in [5.74, 6) is -0.332. The minimum atomic E-state index is -0.855. The second kappa shape index (κ2) is 10.2. The average Bonchev–Trinajstić information content (AvgIpc) is 2.60. The van der Waals surface area contributed by atoms with Gasteiger partial charge in [-0.05, 0) is 12.0 Å². The Labute approximate surface area is 157 Å². The highest BCUT2D eigenvalue weighted by Gasteiger charge is 2.24. The zero-order valence-electron chi connectivity index (χ0n) is 14.9. The van der Waals surface area contributed by atoms with Gasteiger partial charge in [-0.15, -0.1) is 0 Å². The topological polar surface area (TPSA) is 90.0 Å². The molecule has 142 valence electrons. The van der Waals surface area contributed by atoms with Gasteiger partial charge in [-0.1, -0.05) is 42.1 Å². The molecule has 1 aliphatic heterocycles. The molecule has 0 bridgehead atoms. The Bertz CT molecular complexity index is 618. The fraction of sp³-hybridized carbons (Fsp3) is 0.500. The van der Waals surface area contributed by atoms with Gasteiger partial charge in [0.15, 0.2) is 5.12 Å². The Balaban J connectivity index is 1.89. The molecule has 0 aromatic heterocycles. The van der Waals surface area contributed by atoms with Gasteiger partial charge in [0, 0.05) is 44.9 Å². The lowest BCUT2D eigenvalue weighted by atomic mass is 10.1. The molecule has 2 rings (SSSR count). The van der Waals surface area contributed by atoms with E-state index in [0.717, 1.165) is 5.56 Å². The van der Waals surface area contributed by atoms with E-state index in [0.29, 0.717) is 38.4 Å². The predicted molar refractivity (Wildman–Crippen MR) is 101 cm³/mol. The number of urea groups is 1. The molecule has 1 aliphatic rings. The number of hydrogen-bond donors (Lipinski definition) is 2. The van der Waals surface area contributed by atoms with Crippen molar-refractivity contribution in [2.45, 2.75) is 19.4 Å². The molecule has 1 aromatic carbocycles. The van der Waals surface area contributed by atoms with E-state index in [-0.39, 0.29) is 23.7 Å². The van der Waals surface area contributed by atoms with Crippen LogP contribution in [0.15, 0.2) is 30.3 Å². The molecular weight excluding hydrogens is 354 g/mol. The van der Waals surface area contributed by atoms with E-state index in [4.69, 9.17) is 5.11 Å². The van der Waals surface area contributed by atoms with Gasteiger partial charge in [0.1, 0.15) is 0 Å². The molecule has 1 fully saturated rings. The summed E-state index contributed by atoms with van der Waals surface area (Å²) in [5, 5.41) is 11.9. The Morgan fingerprint density at radius 1 is 1.15 bits per heavy atom. The summed E-state index contributed by atoms with van der Waals surface area (Å²) in [7, 11) is 0. The van der Waals surface area contributed by atoms with Crippen LogP contribution in [0.25, 0.3) is 0 Å².